The zero-order valence-corrected chi connectivity index (χ0v) is 17.1. The maximum absolute atomic E-state index is 4.79. The Hall–Kier alpha value is -0.440. The lowest BCUT2D eigenvalue weighted by Crippen LogP contribution is -2.51. The standard InChI is InChI=1S/C15H27N5S.HI/c1-5-16-14(20-10-11-21-15(3,4)12-20)18-7-9-19-8-6-17-13(19)2;/h6,8H,5,7,9-12H2,1-4H3,(H,16,18);1H. The predicted octanol–water partition coefficient (Wildman–Crippen LogP) is 2.60. The highest BCUT2D eigenvalue weighted by Gasteiger charge is 2.28. The van der Waals surface area contributed by atoms with E-state index in [1.165, 1.54) is 0 Å². The molecule has 0 unspecified atom stereocenters. The molecule has 7 heteroatoms. The van der Waals surface area contributed by atoms with Gasteiger partial charge in [-0.05, 0) is 27.7 Å². The van der Waals surface area contributed by atoms with Crippen molar-refractivity contribution in [3.63, 3.8) is 0 Å². The highest BCUT2D eigenvalue weighted by atomic mass is 127. The Morgan fingerprint density at radius 1 is 1.50 bits per heavy atom. The van der Waals surface area contributed by atoms with Gasteiger partial charge in [-0.25, -0.2) is 4.98 Å². The van der Waals surface area contributed by atoms with E-state index in [1.54, 1.807) is 0 Å². The second kappa shape index (κ2) is 9.00. The van der Waals surface area contributed by atoms with Crippen LogP contribution in [0.5, 0.6) is 0 Å². The van der Waals surface area contributed by atoms with Crippen molar-refractivity contribution in [1.29, 1.82) is 0 Å². The summed E-state index contributed by atoms with van der Waals surface area (Å²) in [6, 6.07) is 0. The Morgan fingerprint density at radius 3 is 2.86 bits per heavy atom. The number of rotatable bonds is 4. The van der Waals surface area contributed by atoms with Crippen LogP contribution < -0.4 is 5.32 Å². The van der Waals surface area contributed by atoms with E-state index in [-0.39, 0.29) is 24.0 Å². The van der Waals surface area contributed by atoms with Gasteiger partial charge in [0.05, 0.1) is 6.54 Å². The Labute approximate surface area is 155 Å². The Bertz CT molecular complexity index is 486. The lowest BCUT2D eigenvalue weighted by atomic mass is 10.2. The van der Waals surface area contributed by atoms with Crippen molar-refractivity contribution in [1.82, 2.24) is 19.8 Å². The summed E-state index contributed by atoms with van der Waals surface area (Å²) in [7, 11) is 0. The van der Waals surface area contributed by atoms with Gasteiger partial charge in [0.25, 0.3) is 0 Å². The molecule has 1 saturated heterocycles. The van der Waals surface area contributed by atoms with Crippen molar-refractivity contribution in [2.75, 3.05) is 31.9 Å². The maximum atomic E-state index is 4.79. The minimum absolute atomic E-state index is 0. The van der Waals surface area contributed by atoms with Crippen molar-refractivity contribution >= 4 is 41.7 Å². The van der Waals surface area contributed by atoms with Gasteiger partial charge in [0.1, 0.15) is 5.82 Å². The van der Waals surface area contributed by atoms with Crippen molar-refractivity contribution in [3.8, 4) is 0 Å². The van der Waals surface area contributed by atoms with E-state index in [1.807, 2.05) is 31.1 Å². The molecular weight excluding hydrogens is 409 g/mol. The molecule has 1 aliphatic rings. The number of imidazole rings is 1. The van der Waals surface area contributed by atoms with Crippen LogP contribution in [0.3, 0.4) is 0 Å². The first-order chi connectivity index (χ1) is 10.0. The molecule has 2 heterocycles. The zero-order chi connectivity index (χ0) is 15.3. The topological polar surface area (TPSA) is 45.5 Å². The summed E-state index contributed by atoms with van der Waals surface area (Å²) in [4.78, 5) is 11.4. The van der Waals surface area contributed by atoms with Gasteiger partial charge < -0.3 is 14.8 Å². The first-order valence-electron chi connectivity index (χ1n) is 7.67. The van der Waals surface area contributed by atoms with Crippen LogP contribution in [-0.4, -0.2) is 57.1 Å². The Morgan fingerprint density at radius 2 is 2.27 bits per heavy atom. The van der Waals surface area contributed by atoms with Crippen molar-refractivity contribution in [2.24, 2.45) is 4.99 Å². The summed E-state index contributed by atoms with van der Waals surface area (Å²) in [5.41, 5.74) is 0. The molecule has 0 amide bonds. The number of aryl methyl sites for hydroxylation is 1. The molecule has 0 saturated carbocycles. The SMILES string of the molecule is CCNC(=NCCn1ccnc1C)N1CCSC(C)(C)C1.I. The van der Waals surface area contributed by atoms with Crippen LogP contribution in [0.25, 0.3) is 0 Å². The number of guanidine groups is 1. The molecule has 0 aliphatic carbocycles. The summed E-state index contributed by atoms with van der Waals surface area (Å²) in [5.74, 6) is 3.26. The molecule has 1 aliphatic heterocycles. The predicted molar refractivity (Wildman–Crippen MR) is 106 cm³/mol. The van der Waals surface area contributed by atoms with Crippen LogP contribution in [0.4, 0.5) is 0 Å². The highest BCUT2D eigenvalue weighted by Crippen LogP contribution is 2.29. The van der Waals surface area contributed by atoms with Crippen LogP contribution in [0, 0.1) is 6.92 Å². The largest absolute Gasteiger partial charge is 0.357 e. The molecule has 22 heavy (non-hydrogen) atoms. The Kier molecular flexibility index (Phi) is 8.02. The molecule has 1 aromatic rings. The Balaban J connectivity index is 0.00000242. The minimum atomic E-state index is 0. The summed E-state index contributed by atoms with van der Waals surface area (Å²) in [6.45, 7) is 13.5. The fourth-order valence-electron chi connectivity index (χ4n) is 2.53. The number of nitrogens with one attached hydrogen (secondary N) is 1. The number of hydrogen-bond donors (Lipinski definition) is 1. The van der Waals surface area contributed by atoms with E-state index in [2.05, 4.69) is 40.5 Å². The van der Waals surface area contributed by atoms with Crippen LogP contribution in [-0.2, 0) is 6.54 Å². The van der Waals surface area contributed by atoms with Gasteiger partial charge in [-0.15, -0.1) is 24.0 Å². The summed E-state index contributed by atoms with van der Waals surface area (Å²) >= 11 is 2.05. The summed E-state index contributed by atoms with van der Waals surface area (Å²) < 4.78 is 2.44. The molecule has 1 fully saturated rings. The van der Waals surface area contributed by atoms with Gasteiger partial charge in [0.2, 0.25) is 0 Å². The molecule has 0 aromatic carbocycles. The number of thioether (sulfide) groups is 1. The zero-order valence-electron chi connectivity index (χ0n) is 14.0. The maximum Gasteiger partial charge on any atom is 0.194 e. The molecule has 0 spiro atoms. The van der Waals surface area contributed by atoms with Crippen molar-refractivity contribution < 1.29 is 0 Å². The first-order valence-corrected chi connectivity index (χ1v) is 8.65. The average Bonchev–Trinajstić information content (AvgIpc) is 2.82. The van der Waals surface area contributed by atoms with Gasteiger partial charge in [-0.1, -0.05) is 0 Å². The van der Waals surface area contributed by atoms with Gasteiger partial charge >= 0.3 is 0 Å². The third kappa shape index (κ3) is 5.64. The van der Waals surface area contributed by atoms with Crippen LogP contribution in [0.15, 0.2) is 17.4 Å². The summed E-state index contributed by atoms with van der Waals surface area (Å²) in [5, 5.41) is 3.43. The number of hydrogen-bond acceptors (Lipinski definition) is 3. The van der Waals surface area contributed by atoms with Crippen LogP contribution in [0.2, 0.25) is 0 Å². The third-order valence-electron chi connectivity index (χ3n) is 3.59. The van der Waals surface area contributed by atoms with E-state index < -0.39 is 0 Å². The molecule has 1 N–H and O–H groups in total. The van der Waals surface area contributed by atoms with E-state index in [4.69, 9.17) is 4.99 Å². The van der Waals surface area contributed by atoms with Gasteiger partial charge in [0.15, 0.2) is 5.96 Å². The second-order valence-corrected chi connectivity index (χ2v) is 7.74. The smallest absolute Gasteiger partial charge is 0.194 e. The molecule has 1 aromatic heterocycles. The van der Waals surface area contributed by atoms with E-state index >= 15 is 0 Å². The van der Waals surface area contributed by atoms with Crippen LogP contribution in [0.1, 0.15) is 26.6 Å². The minimum Gasteiger partial charge on any atom is -0.357 e. The van der Waals surface area contributed by atoms with Crippen LogP contribution >= 0.6 is 35.7 Å². The summed E-state index contributed by atoms with van der Waals surface area (Å²) in [6.07, 6.45) is 3.85. The molecule has 5 nitrogen and oxygen atoms in total. The molecule has 0 radical (unpaired) electrons. The molecule has 0 bridgehead atoms. The van der Waals surface area contributed by atoms with E-state index in [9.17, 15) is 0 Å². The van der Waals surface area contributed by atoms with Gasteiger partial charge in [-0.2, -0.15) is 11.8 Å². The third-order valence-corrected chi connectivity index (χ3v) is 4.88. The highest BCUT2D eigenvalue weighted by molar-refractivity contribution is 14.0. The number of nitrogens with zero attached hydrogens (tertiary/aromatic N) is 4. The van der Waals surface area contributed by atoms with E-state index in [0.717, 1.165) is 50.3 Å². The molecule has 126 valence electrons. The molecule has 0 atom stereocenters. The number of aromatic nitrogens is 2. The molecular formula is C15H28IN5S. The van der Waals surface area contributed by atoms with Crippen molar-refractivity contribution in [2.45, 2.75) is 39.0 Å². The first kappa shape index (κ1) is 19.6. The number of aliphatic imine (C=N–C) groups is 1. The lowest BCUT2D eigenvalue weighted by molar-refractivity contribution is 0.375. The lowest BCUT2D eigenvalue weighted by Gasteiger charge is -2.39. The fourth-order valence-corrected chi connectivity index (χ4v) is 3.64. The second-order valence-electron chi connectivity index (χ2n) is 5.93. The van der Waals surface area contributed by atoms with Crippen molar-refractivity contribution in [3.05, 3.63) is 18.2 Å². The quantitative estimate of drug-likeness (QED) is 0.447. The van der Waals surface area contributed by atoms with Gasteiger partial charge in [-0.3, -0.25) is 4.99 Å². The van der Waals surface area contributed by atoms with Gasteiger partial charge in [0, 0.05) is 49.1 Å². The number of halogens is 1. The average molecular weight is 437 g/mol. The monoisotopic (exact) mass is 437 g/mol. The fraction of sp³-hybridized carbons (Fsp3) is 0.733. The normalized spacial score (nSPS) is 18.0. The molecule has 2 rings (SSSR count). The van der Waals surface area contributed by atoms with E-state index in [0.29, 0.717) is 4.75 Å².